The summed E-state index contributed by atoms with van der Waals surface area (Å²) in [6, 6.07) is 15.0. The van der Waals surface area contributed by atoms with Crippen molar-refractivity contribution in [1.29, 1.82) is 0 Å². The van der Waals surface area contributed by atoms with E-state index in [0.29, 0.717) is 11.4 Å². The summed E-state index contributed by atoms with van der Waals surface area (Å²) in [6.45, 7) is 6.29. The highest BCUT2D eigenvalue weighted by molar-refractivity contribution is 5.80. The summed E-state index contributed by atoms with van der Waals surface area (Å²) in [5, 5.41) is 9.83. The molecule has 1 aliphatic rings. The molecule has 0 spiro atoms. The van der Waals surface area contributed by atoms with E-state index >= 15 is 0 Å². The maximum Gasteiger partial charge on any atom is 0.343 e. The van der Waals surface area contributed by atoms with Crippen molar-refractivity contribution in [2.45, 2.75) is 57.8 Å². The summed E-state index contributed by atoms with van der Waals surface area (Å²) in [7, 11) is 0. The number of carboxylic acids is 1. The second kappa shape index (κ2) is 10.5. The van der Waals surface area contributed by atoms with E-state index in [1.54, 1.807) is 50.5 Å². The first-order valence-electron chi connectivity index (χ1n) is 12.1. The zero-order chi connectivity index (χ0) is 24.9. The highest BCUT2D eigenvalue weighted by atomic mass is 16.8. The van der Waals surface area contributed by atoms with Crippen molar-refractivity contribution in [3.63, 3.8) is 0 Å². The first-order chi connectivity index (χ1) is 16.8. The summed E-state index contributed by atoms with van der Waals surface area (Å²) in [5.41, 5.74) is 1.69. The van der Waals surface area contributed by atoms with E-state index in [9.17, 15) is 9.90 Å². The highest BCUT2D eigenvalue weighted by Gasteiger charge is 2.52. The molecule has 0 saturated carbocycles. The van der Waals surface area contributed by atoms with E-state index in [-0.39, 0.29) is 6.61 Å². The molecule has 2 aromatic carbocycles. The van der Waals surface area contributed by atoms with Gasteiger partial charge in [-0.3, -0.25) is 0 Å². The van der Waals surface area contributed by atoms with Crippen molar-refractivity contribution in [1.82, 2.24) is 9.97 Å². The van der Waals surface area contributed by atoms with E-state index in [4.69, 9.17) is 14.2 Å². The second-order valence-electron chi connectivity index (χ2n) is 9.23. The number of aromatic nitrogens is 2. The molecule has 0 radical (unpaired) electrons. The summed E-state index contributed by atoms with van der Waals surface area (Å²) >= 11 is 0. The zero-order valence-electron chi connectivity index (χ0n) is 20.5. The van der Waals surface area contributed by atoms with Gasteiger partial charge in [0, 0.05) is 23.5 Å². The third kappa shape index (κ3) is 5.69. The first kappa shape index (κ1) is 24.8. The van der Waals surface area contributed by atoms with Crippen LogP contribution in [0, 0.1) is 0 Å². The molecule has 35 heavy (non-hydrogen) atoms. The van der Waals surface area contributed by atoms with Crippen LogP contribution in [0.15, 0.2) is 60.9 Å². The molecule has 1 aromatic heterocycles. The van der Waals surface area contributed by atoms with Gasteiger partial charge < -0.3 is 19.3 Å². The Morgan fingerprint density at radius 1 is 0.943 bits per heavy atom. The van der Waals surface area contributed by atoms with Crippen molar-refractivity contribution in [3.8, 4) is 28.3 Å². The van der Waals surface area contributed by atoms with Gasteiger partial charge in [-0.05, 0) is 43.5 Å². The molecule has 7 nitrogen and oxygen atoms in total. The average Bonchev–Trinajstić information content (AvgIpc) is 3.21. The fourth-order valence-electron chi connectivity index (χ4n) is 4.10. The summed E-state index contributed by atoms with van der Waals surface area (Å²) in [5.74, 6) is -0.624. The van der Waals surface area contributed by atoms with Crippen molar-refractivity contribution in [2.75, 3.05) is 13.2 Å². The minimum absolute atomic E-state index is 0.0530. The van der Waals surface area contributed by atoms with Crippen LogP contribution in [0.25, 0.3) is 22.5 Å². The topological polar surface area (TPSA) is 90.8 Å². The van der Waals surface area contributed by atoms with Crippen LogP contribution < -0.4 is 4.74 Å². The van der Waals surface area contributed by atoms with Gasteiger partial charge in [-0.15, -0.1) is 0 Å². The molecule has 1 aliphatic heterocycles. The van der Waals surface area contributed by atoms with Crippen LogP contribution in [0.4, 0.5) is 0 Å². The van der Waals surface area contributed by atoms with Crippen molar-refractivity contribution in [2.24, 2.45) is 0 Å². The lowest BCUT2D eigenvalue weighted by atomic mass is 9.93. The third-order valence-corrected chi connectivity index (χ3v) is 6.10. The molecule has 0 aliphatic carbocycles. The number of hydrogen-bond donors (Lipinski definition) is 1. The molecule has 1 fully saturated rings. The van der Waals surface area contributed by atoms with E-state index in [0.717, 1.165) is 35.5 Å². The van der Waals surface area contributed by atoms with Crippen molar-refractivity contribution in [3.05, 3.63) is 66.5 Å². The Kier molecular flexibility index (Phi) is 7.48. The second-order valence-corrected chi connectivity index (χ2v) is 9.23. The number of nitrogens with zero attached hydrogens (tertiary/aromatic N) is 2. The fourth-order valence-corrected chi connectivity index (χ4v) is 4.10. The number of carboxylic acid groups (broad SMARTS) is 1. The number of aliphatic carboxylic acids is 1. The lowest BCUT2D eigenvalue weighted by molar-refractivity contribution is -0.187. The van der Waals surface area contributed by atoms with Gasteiger partial charge in [0.05, 0.1) is 13.2 Å². The van der Waals surface area contributed by atoms with Crippen LogP contribution in [-0.4, -0.2) is 40.0 Å². The normalized spacial score (nSPS) is 18.9. The van der Waals surface area contributed by atoms with Gasteiger partial charge >= 0.3 is 5.97 Å². The van der Waals surface area contributed by atoms with Gasteiger partial charge in [0.25, 0.3) is 0 Å². The molecule has 4 rings (SSSR count). The molecule has 0 unspecified atom stereocenters. The van der Waals surface area contributed by atoms with Gasteiger partial charge in [-0.2, -0.15) is 0 Å². The van der Waals surface area contributed by atoms with Crippen LogP contribution in [-0.2, 0) is 19.9 Å². The van der Waals surface area contributed by atoms with Crippen molar-refractivity contribution < 1.29 is 24.1 Å². The number of hydrogen-bond acceptors (Lipinski definition) is 6. The smallest absolute Gasteiger partial charge is 0.343 e. The van der Waals surface area contributed by atoms with Gasteiger partial charge in [-0.25, -0.2) is 14.8 Å². The van der Waals surface area contributed by atoms with E-state index in [2.05, 4.69) is 16.9 Å². The Morgan fingerprint density at radius 3 is 2.17 bits per heavy atom. The Hall–Kier alpha value is -3.29. The molecule has 184 valence electrons. The maximum absolute atomic E-state index is 12.0. The molecule has 2 heterocycles. The largest absolute Gasteiger partial charge is 0.494 e. The third-order valence-electron chi connectivity index (χ3n) is 6.10. The predicted molar refractivity (Wildman–Crippen MR) is 133 cm³/mol. The Morgan fingerprint density at radius 2 is 1.60 bits per heavy atom. The number of benzene rings is 2. The Bertz CT molecular complexity index is 1130. The Labute approximate surface area is 206 Å². The number of carbonyl (C=O) groups is 1. The molecule has 1 atom stereocenters. The number of rotatable bonds is 10. The summed E-state index contributed by atoms with van der Waals surface area (Å²) in [6.07, 6.45) is 8.30. The molecular formula is C28H32N2O5. The lowest BCUT2D eigenvalue weighted by Gasteiger charge is -2.25. The van der Waals surface area contributed by atoms with Crippen LogP contribution in [0.3, 0.4) is 0 Å². The standard InChI is InChI=1S/C28H32N2O5/c1-4-5-6-7-16-33-24-14-10-20(11-15-24)22-17-29-25(30-18-22)21-8-12-23(13-9-21)28(26(31)32)19-34-27(2,3)35-28/h8-15,17-18H,4-7,16,19H2,1-3H3,(H,31,32)/t28-/m0/s1. The lowest BCUT2D eigenvalue weighted by Crippen LogP contribution is -2.39. The van der Waals surface area contributed by atoms with Crippen LogP contribution in [0.5, 0.6) is 5.75 Å². The molecule has 3 aromatic rings. The molecule has 1 saturated heterocycles. The number of unbranched alkanes of at least 4 members (excludes halogenated alkanes) is 3. The summed E-state index contributed by atoms with van der Waals surface area (Å²) < 4.78 is 17.1. The van der Waals surface area contributed by atoms with Crippen LogP contribution in [0.1, 0.15) is 52.0 Å². The van der Waals surface area contributed by atoms with Crippen molar-refractivity contribution >= 4 is 5.97 Å². The maximum atomic E-state index is 12.0. The number of ether oxygens (including phenoxy) is 3. The van der Waals surface area contributed by atoms with E-state index in [1.165, 1.54) is 19.3 Å². The molecule has 0 bridgehead atoms. The molecule has 1 N–H and O–H groups in total. The Balaban J connectivity index is 1.42. The van der Waals surface area contributed by atoms with Gasteiger partial charge in [0.1, 0.15) is 5.75 Å². The van der Waals surface area contributed by atoms with Crippen LogP contribution >= 0.6 is 0 Å². The SMILES string of the molecule is CCCCCCOc1ccc(-c2cnc(-c3ccc([C@]4(C(=O)O)COC(C)(C)O4)cc3)nc2)cc1. The van der Waals surface area contributed by atoms with E-state index < -0.39 is 17.4 Å². The van der Waals surface area contributed by atoms with Crippen LogP contribution in [0.2, 0.25) is 0 Å². The van der Waals surface area contributed by atoms with Gasteiger partial charge in [-0.1, -0.05) is 62.6 Å². The monoisotopic (exact) mass is 476 g/mol. The minimum Gasteiger partial charge on any atom is -0.494 e. The molecular weight excluding hydrogens is 444 g/mol. The summed E-state index contributed by atoms with van der Waals surface area (Å²) in [4.78, 5) is 21.0. The highest BCUT2D eigenvalue weighted by Crippen LogP contribution is 2.39. The van der Waals surface area contributed by atoms with E-state index in [1.807, 2.05) is 24.3 Å². The zero-order valence-corrected chi connectivity index (χ0v) is 20.5. The quantitative estimate of drug-likeness (QED) is 0.368. The predicted octanol–water partition coefficient (Wildman–Crippen LogP) is 5.83. The van der Waals surface area contributed by atoms with Gasteiger partial charge in [0.15, 0.2) is 11.6 Å². The average molecular weight is 477 g/mol. The fraction of sp³-hybridized carbons (Fsp3) is 0.393. The van der Waals surface area contributed by atoms with Gasteiger partial charge in [0.2, 0.25) is 5.60 Å². The molecule has 7 heteroatoms. The minimum atomic E-state index is -1.53. The molecule has 0 amide bonds. The first-order valence-corrected chi connectivity index (χ1v) is 12.1.